The van der Waals surface area contributed by atoms with Crippen LogP contribution in [0.5, 0.6) is 5.75 Å². The quantitative estimate of drug-likeness (QED) is 0.712. The van der Waals surface area contributed by atoms with Gasteiger partial charge in [-0.15, -0.1) is 0 Å². The standard InChI is InChI=1S/C14H23FN2O2/c1-3-5-17(6-7-18)13-10-14(19-8-4-2)11(15)9-12(13)16/h9-10,18H,3-8,16H2,1-2H3. The van der Waals surface area contributed by atoms with E-state index >= 15 is 0 Å². The minimum absolute atomic E-state index is 0.0297. The summed E-state index contributed by atoms with van der Waals surface area (Å²) in [5.41, 5.74) is 6.94. The Balaban J connectivity index is 3.02. The van der Waals surface area contributed by atoms with E-state index in [0.717, 1.165) is 19.4 Å². The molecule has 19 heavy (non-hydrogen) atoms. The van der Waals surface area contributed by atoms with Crippen LogP contribution < -0.4 is 15.4 Å². The van der Waals surface area contributed by atoms with Gasteiger partial charge in [-0.2, -0.15) is 0 Å². The van der Waals surface area contributed by atoms with Gasteiger partial charge >= 0.3 is 0 Å². The molecule has 0 heterocycles. The molecule has 1 aromatic rings. The van der Waals surface area contributed by atoms with E-state index in [0.29, 0.717) is 24.5 Å². The molecule has 0 atom stereocenters. The fraction of sp³-hybridized carbons (Fsp3) is 0.571. The van der Waals surface area contributed by atoms with E-state index in [1.165, 1.54) is 6.07 Å². The van der Waals surface area contributed by atoms with Crippen LogP contribution in [0.1, 0.15) is 26.7 Å². The van der Waals surface area contributed by atoms with Gasteiger partial charge in [0.05, 0.1) is 24.6 Å². The number of aliphatic hydroxyl groups excluding tert-OH is 1. The van der Waals surface area contributed by atoms with Crippen molar-refractivity contribution in [2.75, 3.05) is 36.9 Å². The first-order valence-electron chi connectivity index (χ1n) is 6.71. The van der Waals surface area contributed by atoms with Crippen molar-refractivity contribution in [3.63, 3.8) is 0 Å². The second-order valence-electron chi connectivity index (χ2n) is 4.40. The summed E-state index contributed by atoms with van der Waals surface area (Å²) >= 11 is 0. The Hall–Kier alpha value is -1.49. The molecule has 0 bridgehead atoms. The summed E-state index contributed by atoms with van der Waals surface area (Å²) in [7, 11) is 0. The molecule has 0 aromatic heterocycles. The summed E-state index contributed by atoms with van der Waals surface area (Å²) in [4.78, 5) is 1.94. The number of nitrogens with two attached hydrogens (primary N) is 1. The van der Waals surface area contributed by atoms with Crippen LogP contribution in [0.3, 0.4) is 0 Å². The first kappa shape index (κ1) is 15.6. The Labute approximate surface area is 114 Å². The fourth-order valence-corrected chi connectivity index (χ4v) is 1.90. The van der Waals surface area contributed by atoms with Gasteiger partial charge in [0.1, 0.15) is 0 Å². The summed E-state index contributed by atoms with van der Waals surface area (Å²) in [5.74, 6) is -0.236. The van der Waals surface area contributed by atoms with E-state index in [4.69, 9.17) is 15.6 Å². The number of nitrogen functional groups attached to an aromatic ring is 1. The lowest BCUT2D eigenvalue weighted by atomic mass is 10.2. The smallest absolute Gasteiger partial charge is 0.167 e. The highest BCUT2D eigenvalue weighted by molar-refractivity contribution is 5.70. The van der Waals surface area contributed by atoms with Crippen LogP contribution in [0.25, 0.3) is 0 Å². The summed E-state index contributed by atoms with van der Waals surface area (Å²) in [6, 6.07) is 2.89. The highest BCUT2D eigenvalue weighted by atomic mass is 19.1. The summed E-state index contributed by atoms with van der Waals surface area (Å²) < 4.78 is 19.1. The molecule has 0 unspecified atom stereocenters. The Kier molecular flexibility index (Phi) is 6.42. The van der Waals surface area contributed by atoms with E-state index < -0.39 is 5.82 Å². The minimum Gasteiger partial charge on any atom is -0.490 e. The van der Waals surface area contributed by atoms with Crippen molar-refractivity contribution < 1.29 is 14.2 Å². The van der Waals surface area contributed by atoms with Gasteiger partial charge < -0.3 is 20.5 Å². The third-order valence-electron chi connectivity index (χ3n) is 2.75. The molecule has 0 amide bonds. The Morgan fingerprint density at radius 1 is 1.26 bits per heavy atom. The highest BCUT2D eigenvalue weighted by Crippen LogP contribution is 2.31. The molecule has 0 fully saturated rings. The number of nitrogens with zero attached hydrogens (tertiary/aromatic N) is 1. The third kappa shape index (κ3) is 4.28. The maximum Gasteiger partial charge on any atom is 0.167 e. The first-order chi connectivity index (χ1) is 9.13. The number of ether oxygens (including phenoxy) is 1. The number of benzene rings is 1. The summed E-state index contributed by atoms with van der Waals surface area (Å²) in [5, 5.41) is 9.09. The molecule has 0 aliphatic rings. The van der Waals surface area contributed by atoms with Crippen molar-refractivity contribution >= 4 is 11.4 Å². The van der Waals surface area contributed by atoms with Gasteiger partial charge in [0.15, 0.2) is 11.6 Å². The maximum absolute atomic E-state index is 13.7. The van der Waals surface area contributed by atoms with E-state index in [-0.39, 0.29) is 12.4 Å². The van der Waals surface area contributed by atoms with Gasteiger partial charge in [-0.05, 0) is 12.8 Å². The molecular formula is C14H23FN2O2. The zero-order valence-electron chi connectivity index (χ0n) is 11.7. The number of anilines is 2. The fourth-order valence-electron chi connectivity index (χ4n) is 1.90. The summed E-state index contributed by atoms with van der Waals surface area (Å²) in [6.45, 7) is 5.72. The number of halogens is 1. The Bertz CT molecular complexity index is 393. The van der Waals surface area contributed by atoms with Gasteiger partial charge in [-0.25, -0.2) is 4.39 Å². The van der Waals surface area contributed by atoms with Crippen LogP contribution in [0.4, 0.5) is 15.8 Å². The Morgan fingerprint density at radius 3 is 2.58 bits per heavy atom. The molecule has 108 valence electrons. The molecule has 0 aliphatic carbocycles. The Morgan fingerprint density at radius 2 is 2.00 bits per heavy atom. The van der Waals surface area contributed by atoms with E-state index in [1.807, 2.05) is 18.7 Å². The molecule has 1 aromatic carbocycles. The number of hydrogen-bond donors (Lipinski definition) is 2. The molecule has 3 N–H and O–H groups in total. The second-order valence-corrected chi connectivity index (χ2v) is 4.40. The molecule has 4 nitrogen and oxygen atoms in total. The molecule has 5 heteroatoms. The molecule has 0 radical (unpaired) electrons. The largest absolute Gasteiger partial charge is 0.490 e. The van der Waals surface area contributed by atoms with Crippen molar-refractivity contribution in [2.24, 2.45) is 0 Å². The molecule has 0 spiro atoms. The number of hydrogen-bond acceptors (Lipinski definition) is 4. The number of aliphatic hydroxyl groups is 1. The monoisotopic (exact) mass is 270 g/mol. The van der Waals surface area contributed by atoms with Gasteiger partial charge in [0.25, 0.3) is 0 Å². The van der Waals surface area contributed by atoms with Crippen LogP contribution >= 0.6 is 0 Å². The lowest BCUT2D eigenvalue weighted by Gasteiger charge is -2.25. The van der Waals surface area contributed by atoms with E-state index in [9.17, 15) is 4.39 Å². The predicted molar refractivity (Wildman–Crippen MR) is 76.2 cm³/mol. The van der Waals surface area contributed by atoms with Crippen molar-refractivity contribution in [3.8, 4) is 5.75 Å². The van der Waals surface area contributed by atoms with Gasteiger partial charge in [0.2, 0.25) is 0 Å². The van der Waals surface area contributed by atoms with Crippen LogP contribution in [-0.2, 0) is 0 Å². The second kappa shape index (κ2) is 7.84. The summed E-state index contributed by atoms with van der Waals surface area (Å²) in [6.07, 6.45) is 1.73. The SMILES string of the molecule is CCCOc1cc(N(CCC)CCO)c(N)cc1F. The molecule has 0 saturated carbocycles. The normalized spacial score (nSPS) is 10.5. The zero-order chi connectivity index (χ0) is 14.3. The van der Waals surface area contributed by atoms with Crippen molar-refractivity contribution in [1.29, 1.82) is 0 Å². The van der Waals surface area contributed by atoms with Gasteiger partial charge in [0, 0.05) is 25.2 Å². The number of rotatable bonds is 8. The average Bonchev–Trinajstić information content (AvgIpc) is 2.38. The minimum atomic E-state index is -0.449. The van der Waals surface area contributed by atoms with Crippen LogP contribution in [-0.4, -0.2) is 31.4 Å². The maximum atomic E-state index is 13.7. The third-order valence-corrected chi connectivity index (χ3v) is 2.75. The van der Waals surface area contributed by atoms with Gasteiger partial charge in [-0.1, -0.05) is 13.8 Å². The van der Waals surface area contributed by atoms with Crippen molar-refractivity contribution in [2.45, 2.75) is 26.7 Å². The van der Waals surface area contributed by atoms with E-state index in [2.05, 4.69) is 0 Å². The average molecular weight is 270 g/mol. The zero-order valence-corrected chi connectivity index (χ0v) is 11.7. The molecule has 0 aliphatic heterocycles. The van der Waals surface area contributed by atoms with Crippen molar-refractivity contribution in [3.05, 3.63) is 17.9 Å². The predicted octanol–water partition coefficient (Wildman–Crippen LogP) is 2.41. The molecule has 0 saturated heterocycles. The molecular weight excluding hydrogens is 247 g/mol. The topological polar surface area (TPSA) is 58.7 Å². The first-order valence-corrected chi connectivity index (χ1v) is 6.71. The lowest BCUT2D eigenvalue weighted by molar-refractivity contribution is 0.298. The highest BCUT2D eigenvalue weighted by Gasteiger charge is 2.14. The lowest BCUT2D eigenvalue weighted by Crippen LogP contribution is -2.28. The molecule has 1 rings (SSSR count). The van der Waals surface area contributed by atoms with Crippen molar-refractivity contribution in [1.82, 2.24) is 0 Å². The van der Waals surface area contributed by atoms with Gasteiger partial charge in [-0.3, -0.25) is 0 Å². The van der Waals surface area contributed by atoms with Crippen LogP contribution in [0, 0.1) is 5.82 Å². The van der Waals surface area contributed by atoms with Crippen LogP contribution in [0.2, 0.25) is 0 Å². The van der Waals surface area contributed by atoms with E-state index in [1.54, 1.807) is 6.07 Å². The van der Waals surface area contributed by atoms with Crippen LogP contribution in [0.15, 0.2) is 12.1 Å².